The summed E-state index contributed by atoms with van der Waals surface area (Å²) in [6, 6.07) is 6.99. The quantitative estimate of drug-likeness (QED) is 0.818. The molecule has 0 aliphatic rings. The van der Waals surface area contributed by atoms with E-state index in [1.165, 1.54) is 6.07 Å². The molecule has 0 bridgehead atoms. The van der Waals surface area contributed by atoms with Gasteiger partial charge in [0.25, 0.3) is 0 Å². The highest BCUT2D eigenvalue weighted by Gasteiger charge is 2.17. The minimum atomic E-state index is -0.103. The van der Waals surface area contributed by atoms with Gasteiger partial charge < -0.3 is 10.2 Å². The number of likely N-dealkylation sites (N-methyl/N-ethyl adjacent to an activating group) is 2. The molecule has 1 rings (SSSR count). The van der Waals surface area contributed by atoms with E-state index < -0.39 is 0 Å². The Morgan fingerprint density at radius 2 is 1.94 bits per heavy atom. The Balaban J connectivity index is 2.44. The Labute approximate surface area is 104 Å². The van der Waals surface area contributed by atoms with Crippen LogP contribution < -0.4 is 5.32 Å². The molecule has 0 unspecified atom stereocenters. The highest BCUT2D eigenvalue weighted by molar-refractivity contribution is 5.17. The van der Waals surface area contributed by atoms with E-state index in [1.54, 1.807) is 6.07 Å². The third kappa shape index (κ3) is 4.84. The molecular weight excluding hydrogens is 215 g/mol. The number of hydrogen-bond donors (Lipinski definition) is 1. The fourth-order valence-corrected chi connectivity index (χ4v) is 1.85. The van der Waals surface area contributed by atoms with Gasteiger partial charge in [-0.1, -0.05) is 18.2 Å². The summed E-state index contributed by atoms with van der Waals surface area (Å²) in [4.78, 5) is 2.23. The van der Waals surface area contributed by atoms with Crippen molar-refractivity contribution < 1.29 is 4.39 Å². The average molecular weight is 238 g/mol. The first-order valence-electron chi connectivity index (χ1n) is 6.05. The summed E-state index contributed by atoms with van der Waals surface area (Å²) in [5, 5.41) is 3.27. The van der Waals surface area contributed by atoms with Crippen molar-refractivity contribution in [2.45, 2.75) is 25.8 Å². The molecule has 1 aromatic rings. The van der Waals surface area contributed by atoms with Crippen LogP contribution in [0.3, 0.4) is 0 Å². The molecule has 17 heavy (non-hydrogen) atoms. The topological polar surface area (TPSA) is 15.3 Å². The average Bonchev–Trinajstić information content (AvgIpc) is 2.27. The van der Waals surface area contributed by atoms with E-state index in [2.05, 4.69) is 31.1 Å². The lowest BCUT2D eigenvalue weighted by molar-refractivity contribution is 0.246. The van der Waals surface area contributed by atoms with E-state index >= 15 is 0 Å². The van der Waals surface area contributed by atoms with E-state index in [-0.39, 0.29) is 11.4 Å². The minimum absolute atomic E-state index is 0.0873. The number of benzene rings is 1. The van der Waals surface area contributed by atoms with Crippen LogP contribution in [0, 0.1) is 5.82 Å². The maximum Gasteiger partial charge on any atom is 0.126 e. The van der Waals surface area contributed by atoms with Gasteiger partial charge in [-0.15, -0.1) is 0 Å². The zero-order valence-electron chi connectivity index (χ0n) is 11.3. The van der Waals surface area contributed by atoms with E-state index in [0.29, 0.717) is 0 Å². The lowest BCUT2D eigenvalue weighted by Crippen LogP contribution is -2.46. The molecule has 1 aromatic carbocycles. The second-order valence-corrected chi connectivity index (χ2v) is 5.21. The Morgan fingerprint density at radius 3 is 2.53 bits per heavy atom. The van der Waals surface area contributed by atoms with Crippen LogP contribution in [0.2, 0.25) is 0 Å². The minimum Gasteiger partial charge on any atom is -0.314 e. The maximum absolute atomic E-state index is 13.4. The number of hydrogen-bond acceptors (Lipinski definition) is 2. The SMILES string of the molecule is CNC(C)(C)CN(C)CCc1ccccc1F. The Kier molecular flexibility index (Phi) is 5.09. The van der Waals surface area contributed by atoms with Crippen molar-refractivity contribution in [2.75, 3.05) is 27.2 Å². The van der Waals surface area contributed by atoms with Crippen LogP contribution in [0.25, 0.3) is 0 Å². The van der Waals surface area contributed by atoms with Gasteiger partial charge in [-0.2, -0.15) is 0 Å². The fourth-order valence-electron chi connectivity index (χ4n) is 1.85. The predicted molar refractivity (Wildman–Crippen MR) is 70.7 cm³/mol. The predicted octanol–water partition coefficient (Wildman–Crippen LogP) is 2.30. The zero-order valence-corrected chi connectivity index (χ0v) is 11.3. The molecule has 0 heterocycles. The molecule has 0 aliphatic carbocycles. The number of halogens is 1. The molecule has 0 fully saturated rings. The van der Waals surface area contributed by atoms with Crippen LogP contribution >= 0.6 is 0 Å². The molecule has 0 aromatic heterocycles. The van der Waals surface area contributed by atoms with Gasteiger partial charge in [0.1, 0.15) is 5.82 Å². The Morgan fingerprint density at radius 1 is 1.29 bits per heavy atom. The molecule has 0 saturated carbocycles. The molecule has 0 atom stereocenters. The van der Waals surface area contributed by atoms with Crippen molar-refractivity contribution in [3.8, 4) is 0 Å². The van der Waals surface area contributed by atoms with Gasteiger partial charge in [0.05, 0.1) is 0 Å². The summed E-state index contributed by atoms with van der Waals surface area (Å²) >= 11 is 0. The van der Waals surface area contributed by atoms with E-state index in [0.717, 1.165) is 25.1 Å². The highest BCUT2D eigenvalue weighted by atomic mass is 19.1. The van der Waals surface area contributed by atoms with Gasteiger partial charge in [0, 0.05) is 18.6 Å². The van der Waals surface area contributed by atoms with E-state index in [9.17, 15) is 4.39 Å². The number of nitrogens with one attached hydrogen (secondary N) is 1. The zero-order chi connectivity index (χ0) is 12.9. The summed E-state index contributed by atoms with van der Waals surface area (Å²) in [5.74, 6) is -0.103. The number of rotatable bonds is 6. The van der Waals surface area contributed by atoms with Crippen molar-refractivity contribution in [1.29, 1.82) is 0 Å². The Bertz CT molecular complexity index is 350. The normalized spacial score (nSPS) is 12.1. The van der Waals surface area contributed by atoms with Crippen molar-refractivity contribution in [1.82, 2.24) is 10.2 Å². The number of nitrogens with zero attached hydrogens (tertiary/aromatic N) is 1. The lowest BCUT2D eigenvalue weighted by Gasteiger charge is -2.30. The first-order valence-corrected chi connectivity index (χ1v) is 6.05. The third-order valence-corrected chi connectivity index (χ3v) is 3.06. The summed E-state index contributed by atoms with van der Waals surface area (Å²) in [5.41, 5.74) is 0.880. The van der Waals surface area contributed by atoms with Gasteiger partial charge >= 0.3 is 0 Å². The lowest BCUT2D eigenvalue weighted by atomic mass is 10.1. The van der Waals surface area contributed by atoms with Gasteiger partial charge in [-0.05, 0) is 46.0 Å². The highest BCUT2D eigenvalue weighted by Crippen LogP contribution is 2.09. The molecule has 0 aliphatic heterocycles. The van der Waals surface area contributed by atoms with Gasteiger partial charge in [0.2, 0.25) is 0 Å². The van der Waals surface area contributed by atoms with Crippen molar-refractivity contribution in [3.63, 3.8) is 0 Å². The monoisotopic (exact) mass is 238 g/mol. The third-order valence-electron chi connectivity index (χ3n) is 3.06. The van der Waals surface area contributed by atoms with Crippen LogP contribution in [0.1, 0.15) is 19.4 Å². The molecular formula is C14H23FN2. The molecule has 0 saturated heterocycles. The molecule has 2 nitrogen and oxygen atoms in total. The Hall–Kier alpha value is -0.930. The second kappa shape index (κ2) is 6.12. The molecule has 1 N–H and O–H groups in total. The first-order chi connectivity index (χ1) is 7.94. The van der Waals surface area contributed by atoms with Crippen molar-refractivity contribution in [2.24, 2.45) is 0 Å². The van der Waals surface area contributed by atoms with Gasteiger partial charge in [-0.25, -0.2) is 4.39 Å². The van der Waals surface area contributed by atoms with Crippen molar-refractivity contribution >= 4 is 0 Å². The molecule has 3 heteroatoms. The van der Waals surface area contributed by atoms with Crippen LogP contribution in [0.4, 0.5) is 4.39 Å². The smallest absolute Gasteiger partial charge is 0.126 e. The molecule has 0 amide bonds. The van der Waals surface area contributed by atoms with E-state index in [1.807, 2.05) is 19.2 Å². The van der Waals surface area contributed by atoms with Gasteiger partial charge in [-0.3, -0.25) is 0 Å². The van der Waals surface area contributed by atoms with Gasteiger partial charge in [0.15, 0.2) is 0 Å². The van der Waals surface area contributed by atoms with Crippen LogP contribution in [-0.2, 0) is 6.42 Å². The molecule has 96 valence electrons. The summed E-state index contributed by atoms with van der Waals surface area (Å²) in [7, 11) is 4.03. The van der Waals surface area contributed by atoms with E-state index in [4.69, 9.17) is 0 Å². The van der Waals surface area contributed by atoms with Crippen molar-refractivity contribution in [3.05, 3.63) is 35.6 Å². The molecule has 0 spiro atoms. The largest absolute Gasteiger partial charge is 0.314 e. The fraction of sp³-hybridized carbons (Fsp3) is 0.571. The second-order valence-electron chi connectivity index (χ2n) is 5.21. The maximum atomic E-state index is 13.4. The summed E-state index contributed by atoms with van der Waals surface area (Å²) in [6.07, 6.45) is 0.753. The standard InChI is InChI=1S/C14H23FN2/c1-14(2,16-3)11-17(4)10-9-12-7-5-6-8-13(12)15/h5-8,16H,9-11H2,1-4H3. The summed E-state index contributed by atoms with van der Waals surface area (Å²) in [6.45, 7) is 6.13. The molecule has 0 radical (unpaired) electrons. The van der Waals surface area contributed by atoms with Crippen LogP contribution in [0.5, 0.6) is 0 Å². The summed E-state index contributed by atoms with van der Waals surface area (Å²) < 4.78 is 13.4. The van der Waals surface area contributed by atoms with Crippen LogP contribution in [-0.4, -0.2) is 37.6 Å². The van der Waals surface area contributed by atoms with Crippen LogP contribution in [0.15, 0.2) is 24.3 Å². The first kappa shape index (κ1) is 14.1.